The SMILES string of the molecule is CCCCNc1nc(N)nc2c1C(C=O)N(Cc1ccc(CN3CCN(C4CCC4)CC3)cc1)C=C2. The predicted octanol–water partition coefficient (Wildman–Crippen LogP) is 3.67. The van der Waals surface area contributed by atoms with Gasteiger partial charge in [0.05, 0.1) is 11.3 Å². The van der Waals surface area contributed by atoms with Gasteiger partial charge in [-0.05, 0) is 36.5 Å². The molecule has 2 aromatic rings. The molecule has 1 aromatic carbocycles. The van der Waals surface area contributed by atoms with Crippen LogP contribution in [0.4, 0.5) is 11.8 Å². The lowest BCUT2D eigenvalue weighted by Crippen LogP contribution is -2.51. The molecule has 0 radical (unpaired) electrons. The average molecular weight is 490 g/mol. The number of unbranched alkanes of at least 4 members (excludes halogenated alkanes) is 1. The van der Waals surface area contributed by atoms with Gasteiger partial charge in [-0.15, -0.1) is 0 Å². The van der Waals surface area contributed by atoms with E-state index in [1.807, 2.05) is 12.3 Å². The molecule has 0 amide bonds. The molecule has 2 fully saturated rings. The summed E-state index contributed by atoms with van der Waals surface area (Å²) < 4.78 is 0. The molecular weight excluding hydrogens is 450 g/mol. The fourth-order valence-corrected chi connectivity index (χ4v) is 5.42. The first kappa shape index (κ1) is 24.7. The Balaban J connectivity index is 1.21. The number of piperazine rings is 1. The maximum Gasteiger partial charge on any atom is 0.222 e. The Hall–Kier alpha value is -2.97. The molecule has 3 aliphatic rings. The van der Waals surface area contributed by atoms with Crippen LogP contribution in [0.2, 0.25) is 0 Å². The minimum atomic E-state index is -0.457. The number of hydrogen-bond donors (Lipinski definition) is 2. The van der Waals surface area contributed by atoms with Gasteiger partial charge in [-0.1, -0.05) is 44.0 Å². The number of fused-ring (bicyclic) bond motifs is 1. The van der Waals surface area contributed by atoms with Gasteiger partial charge in [0.15, 0.2) is 0 Å². The van der Waals surface area contributed by atoms with Crippen LogP contribution in [0, 0.1) is 0 Å². The summed E-state index contributed by atoms with van der Waals surface area (Å²) in [4.78, 5) is 28.3. The van der Waals surface area contributed by atoms with Gasteiger partial charge in [0.25, 0.3) is 0 Å². The Morgan fingerprint density at radius 3 is 2.42 bits per heavy atom. The first-order valence-corrected chi connectivity index (χ1v) is 13.5. The average Bonchev–Trinajstić information content (AvgIpc) is 2.85. The fourth-order valence-electron chi connectivity index (χ4n) is 5.42. The summed E-state index contributed by atoms with van der Waals surface area (Å²) in [5.41, 5.74) is 9.96. The standard InChI is InChI=1S/C28H39N7O/c1-2-3-12-30-27-26-24(31-28(29)32-27)11-13-35(25(26)20-36)19-22-9-7-21(8-10-22)18-33-14-16-34(17-15-33)23-5-4-6-23/h7-11,13,20,23,25H,2-6,12,14-19H2,1H3,(H3,29,30,31,32). The third-order valence-corrected chi connectivity index (χ3v) is 7.81. The number of hydrogen-bond acceptors (Lipinski definition) is 8. The van der Waals surface area contributed by atoms with E-state index < -0.39 is 6.04 Å². The molecule has 0 bridgehead atoms. The zero-order chi connectivity index (χ0) is 24.9. The van der Waals surface area contributed by atoms with E-state index in [4.69, 9.17) is 5.73 Å². The zero-order valence-electron chi connectivity index (χ0n) is 21.4. The quantitative estimate of drug-likeness (QED) is 0.386. The first-order valence-electron chi connectivity index (χ1n) is 13.5. The van der Waals surface area contributed by atoms with E-state index >= 15 is 0 Å². The Morgan fingerprint density at radius 1 is 1.06 bits per heavy atom. The van der Waals surface area contributed by atoms with Gasteiger partial charge in [0.2, 0.25) is 5.95 Å². The second-order valence-corrected chi connectivity index (χ2v) is 10.3. The monoisotopic (exact) mass is 489 g/mol. The van der Waals surface area contributed by atoms with Gasteiger partial charge in [-0.3, -0.25) is 9.80 Å². The van der Waals surface area contributed by atoms with E-state index in [-0.39, 0.29) is 5.95 Å². The van der Waals surface area contributed by atoms with E-state index in [0.29, 0.717) is 18.1 Å². The van der Waals surface area contributed by atoms with Crippen LogP contribution in [0.5, 0.6) is 0 Å². The van der Waals surface area contributed by atoms with E-state index in [9.17, 15) is 4.79 Å². The second kappa shape index (κ2) is 11.4. The van der Waals surface area contributed by atoms with Gasteiger partial charge in [-0.2, -0.15) is 4.98 Å². The molecule has 1 aromatic heterocycles. The smallest absolute Gasteiger partial charge is 0.222 e. The van der Waals surface area contributed by atoms with Crippen LogP contribution in [-0.4, -0.2) is 69.7 Å². The lowest BCUT2D eigenvalue weighted by molar-refractivity contribution is -0.112. The summed E-state index contributed by atoms with van der Waals surface area (Å²) >= 11 is 0. The number of anilines is 2. The van der Waals surface area contributed by atoms with E-state index in [0.717, 1.165) is 56.9 Å². The predicted molar refractivity (Wildman–Crippen MR) is 144 cm³/mol. The molecule has 3 heterocycles. The molecule has 1 atom stereocenters. The molecule has 5 rings (SSSR count). The molecule has 8 heteroatoms. The Labute approximate surface area is 214 Å². The molecule has 3 N–H and O–H groups in total. The zero-order valence-corrected chi connectivity index (χ0v) is 21.4. The minimum absolute atomic E-state index is 0.218. The van der Waals surface area contributed by atoms with Crippen molar-refractivity contribution in [3.05, 3.63) is 52.8 Å². The molecular formula is C28H39N7O. The highest BCUT2D eigenvalue weighted by Crippen LogP contribution is 2.34. The number of nitrogens with two attached hydrogens (primary N) is 1. The molecule has 1 unspecified atom stereocenters. The highest BCUT2D eigenvalue weighted by atomic mass is 16.1. The van der Waals surface area contributed by atoms with E-state index in [1.165, 1.54) is 43.5 Å². The molecule has 1 aliphatic carbocycles. The highest BCUT2D eigenvalue weighted by molar-refractivity contribution is 5.74. The number of carbonyl (C=O) groups excluding carboxylic acids is 1. The van der Waals surface area contributed by atoms with Gasteiger partial charge in [0, 0.05) is 58.1 Å². The van der Waals surface area contributed by atoms with Crippen molar-refractivity contribution in [3.63, 3.8) is 0 Å². The van der Waals surface area contributed by atoms with Crippen LogP contribution < -0.4 is 11.1 Å². The van der Waals surface area contributed by atoms with E-state index in [2.05, 4.69) is 61.2 Å². The van der Waals surface area contributed by atoms with Crippen LogP contribution >= 0.6 is 0 Å². The van der Waals surface area contributed by atoms with Crippen molar-refractivity contribution in [3.8, 4) is 0 Å². The number of benzene rings is 1. The van der Waals surface area contributed by atoms with Gasteiger partial charge < -0.3 is 20.7 Å². The minimum Gasteiger partial charge on any atom is -0.370 e. The molecule has 1 saturated carbocycles. The topological polar surface area (TPSA) is 90.6 Å². The lowest BCUT2D eigenvalue weighted by Gasteiger charge is -2.43. The third kappa shape index (κ3) is 5.55. The largest absolute Gasteiger partial charge is 0.370 e. The summed E-state index contributed by atoms with van der Waals surface area (Å²) in [7, 11) is 0. The van der Waals surface area contributed by atoms with E-state index in [1.54, 1.807) is 0 Å². The molecule has 0 spiro atoms. The van der Waals surface area contributed by atoms with Gasteiger partial charge in [0.1, 0.15) is 18.1 Å². The second-order valence-electron chi connectivity index (χ2n) is 10.3. The van der Waals surface area contributed by atoms with Crippen molar-refractivity contribution < 1.29 is 4.79 Å². The molecule has 8 nitrogen and oxygen atoms in total. The number of nitrogen functional groups attached to an aromatic ring is 1. The normalized spacial score (nSPS) is 20.7. The number of aldehydes is 1. The first-order chi connectivity index (χ1) is 17.6. The number of aromatic nitrogens is 2. The third-order valence-electron chi connectivity index (χ3n) is 7.81. The number of nitrogens with one attached hydrogen (secondary N) is 1. The van der Waals surface area contributed by atoms with Crippen LogP contribution in [0.15, 0.2) is 30.5 Å². The summed E-state index contributed by atoms with van der Waals surface area (Å²) in [6, 6.07) is 9.22. The van der Waals surface area contributed by atoms with Gasteiger partial charge in [-0.25, -0.2) is 4.98 Å². The molecule has 1 saturated heterocycles. The van der Waals surface area contributed by atoms with Crippen molar-refractivity contribution in [1.29, 1.82) is 0 Å². The van der Waals surface area contributed by atoms with Crippen LogP contribution in [-0.2, 0) is 17.9 Å². The number of carbonyl (C=O) groups is 1. The van der Waals surface area contributed by atoms with Crippen molar-refractivity contribution in [2.75, 3.05) is 43.8 Å². The van der Waals surface area contributed by atoms with Crippen molar-refractivity contribution >= 4 is 24.1 Å². The summed E-state index contributed by atoms with van der Waals surface area (Å²) in [5.74, 6) is 0.876. The van der Waals surface area contributed by atoms with Gasteiger partial charge >= 0.3 is 0 Å². The fraction of sp³-hybridized carbons (Fsp3) is 0.536. The molecule has 2 aliphatic heterocycles. The van der Waals surface area contributed by atoms with Crippen molar-refractivity contribution in [2.24, 2.45) is 0 Å². The van der Waals surface area contributed by atoms with Crippen LogP contribution in [0.25, 0.3) is 6.08 Å². The van der Waals surface area contributed by atoms with Crippen LogP contribution in [0.1, 0.15) is 67.5 Å². The Morgan fingerprint density at radius 2 is 1.78 bits per heavy atom. The molecule has 192 valence electrons. The number of nitrogens with zero attached hydrogens (tertiary/aromatic N) is 5. The van der Waals surface area contributed by atoms with Crippen LogP contribution in [0.3, 0.4) is 0 Å². The maximum atomic E-state index is 12.3. The highest BCUT2D eigenvalue weighted by Gasteiger charge is 2.29. The summed E-state index contributed by atoms with van der Waals surface area (Å²) in [6.45, 7) is 9.26. The summed E-state index contributed by atoms with van der Waals surface area (Å²) in [5, 5.41) is 3.37. The summed E-state index contributed by atoms with van der Waals surface area (Å²) in [6.07, 6.45) is 11.1. The van der Waals surface area contributed by atoms with Crippen molar-refractivity contribution in [1.82, 2.24) is 24.7 Å². The Bertz CT molecular complexity index is 1060. The Kier molecular flexibility index (Phi) is 7.82. The number of rotatable bonds is 10. The van der Waals surface area contributed by atoms with Crippen molar-refractivity contribution in [2.45, 2.75) is 64.2 Å². The molecule has 36 heavy (non-hydrogen) atoms. The lowest BCUT2D eigenvalue weighted by atomic mass is 9.91. The maximum absolute atomic E-state index is 12.3.